The van der Waals surface area contributed by atoms with Crippen molar-refractivity contribution < 1.29 is 13.9 Å². The highest BCUT2D eigenvalue weighted by atomic mass is 35.5. The summed E-state index contributed by atoms with van der Waals surface area (Å²) >= 11 is 11.9. The van der Waals surface area contributed by atoms with Crippen molar-refractivity contribution in [3.8, 4) is 0 Å². The summed E-state index contributed by atoms with van der Waals surface area (Å²) in [6.07, 6.45) is 1.86. The van der Waals surface area contributed by atoms with E-state index in [1.165, 1.54) is 18.3 Å². The Labute approximate surface area is 166 Å². The van der Waals surface area contributed by atoms with E-state index in [-0.39, 0.29) is 29.5 Å². The number of pyridine rings is 1. The van der Waals surface area contributed by atoms with Gasteiger partial charge in [0.25, 0.3) is 0 Å². The fourth-order valence-electron chi connectivity index (χ4n) is 3.03. The second kappa shape index (κ2) is 7.92. The molecule has 5 nitrogen and oxygen atoms in total. The van der Waals surface area contributed by atoms with Gasteiger partial charge in [0.05, 0.1) is 15.6 Å². The number of hydrogen-bond donors (Lipinski definition) is 1. The molecule has 2 heterocycles. The zero-order chi connectivity index (χ0) is 19.6. The lowest BCUT2D eigenvalue weighted by Gasteiger charge is -2.25. The molecule has 1 aromatic carbocycles. The molecule has 1 aromatic heterocycles. The summed E-state index contributed by atoms with van der Waals surface area (Å²) in [6.45, 7) is 2.43. The predicted molar refractivity (Wildman–Crippen MR) is 103 cm³/mol. The molecule has 0 unspecified atom stereocenters. The van der Waals surface area contributed by atoms with Crippen LogP contribution in [0.1, 0.15) is 35.0 Å². The zero-order valence-corrected chi connectivity index (χ0v) is 16.1. The van der Waals surface area contributed by atoms with Crippen molar-refractivity contribution in [2.24, 2.45) is 10.7 Å². The third-order valence-corrected chi connectivity index (χ3v) is 4.92. The molecular weight excluding hydrogens is 392 g/mol. The third kappa shape index (κ3) is 4.46. The second-order valence-corrected chi connectivity index (χ2v) is 7.42. The van der Waals surface area contributed by atoms with Crippen LogP contribution in [-0.2, 0) is 16.7 Å². The summed E-state index contributed by atoms with van der Waals surface area (Å²) < 4.78 is 19.9. The number of Topliss-reactive ketones (excluding diaryl/α,β-unsaturated/α-hetero) is 1. The number of nitrogens with zero attached hydrogens (tertiary/aromatic N) is 2. The molecule has 0 spiro atoms. The van der Waals surface area contributed by atoms with Gasteiger partial charge in [0, 0.05) is 24.8 Å². The number of ketones is 1. The number of amidine groups is 1. The van der Waals surface area contributed by atoms with Gasteiger partial charge in [-0.25, -0.2) is 9.37 Å². The average Bonchev–Trinajstić information content (AvgIpc) is 2.77. The van der Waals surface area contributed by atoms with E-state index < -0.39 is 11.4 Å². The minimum atomic E-state index is -0.861. The Bertz CT molecular complexity index is 920. The normalized spacial score (nSPS) is 20.1. The van der Waals surface area contributed by atoms with Gasteiger partial charge in [0.2, 0.25) is 0 Å². The van der Waals surface area contributed by atoms with Gasteiger partial charge < -0.3 is 10.5 Å². The summed E-state index contributed by atoms with van der Waals surface area (Å²) in [4.78, 5) is 21.0. The van der Waals surface area contributed by atoms with Gasteiger partial charge in [-0.3, -0.25) is 9.79 Å². The van der Waals surface area contributed by atoms with Crippen molar-refractivity contribution in [1.82, 2.24) is 4.98 Å². The number of rotatable bonds is 4. The molecule has 1 aliphatic heterocycles. The summed E-state index contributed by atoms with van der Waals surface area (Å²) in [5, 5.41) is 0.527. The van der Waals surface area contributed by atoms with Crippen molar-refractivity contribution in [2.45, 2.75) is 25.3 Å². The minimum Gasteiger partial charge on any atom is -0.386 e. The Morgan fingerprint density at radius 1 is 1.37 bits per heavy atom. The Balaban J connectivity index is 1.91. The molecule has 0 saturated heterocycles. The van der Waals surface area contributed by atoms with Crippen LogP contribution >= 0.6 is 23.2 Å². The molecule has 1 aliphatic rings. The van der Waals surface area contributed by atoms with Crippen molar-refractivity contribution in [3.05, 3.63) is 63.1 Å². The first-order chi connectivity index (χ1) is 12.8. The van der Waals surface area contributed by atoms with Crippen molar-refractivity contribution in [1.29, 1.82) is 0 Å². The Morgan fingerprint density at radius 3 is 2.89 bits per heavy atom. The number of halogens is 3. The van der Waals surface area contributed by atoms with E-state index in [0.29, 0.717) is 35.0 Å². The van der Waals surface area contributed by atoms with Gasteiger partial charge in [-0.15, -0.1) is 0 Å². The van der Waals surface area contributed by atoms with Gasteiger partial charge in [-0.05, 0) is 37.1 Å². The summed E-state index contributed by atoms with van der Waals surface area (Å²) in [5.74, 6) is -0.380. The lowest BCUT2D eigenvalue weighted by molar-refractivity contribution is 0.0988. The highest BCUT2D eigenvalue weighted by Gasteiger charge is 2.31. The molecule has 0 amide bonds. The van der Waals surface area contributed by atoms with Crippen LogP contribution in [-0.4, -0.2) is 29.8 Å². The predicted octanol–water partition coefficient (Wildman–Crippen LogP) is 3.95. The van der Waals surface area contributed by atoms with E-state index in [1.807, 2.05) is 0 Å². The Hall–Kier alpha value is -2.02. The molecule has 0 saturated carbocycles. The number of nitrogens with two attached hydrogens (primary N) is 1. The van der Waals surface area contributed by atoms with E-state index >= 15 is 0 Å². The quantitative estimate of drug-likeness (QED) is 0.775. The maximum absolute atomic E-state index is 14.5. The highest BCUT2D eigenvalue weighted by Crippen LogP contribution is 2.33. The average molecular weight is 410 g/mol. The third-order valence-electron chi connectivity index (χ3n) is 4.42. The number of carbonyl (C=O) groups excluding carboxylic acids is 1. The molecule has 27 heavy (non-hydrogen) atoms. The van der Waals surface area contributed by atoms with E-state index in [4.69, 9.17) is 33.7 Å². The maximum Gasteiger partial charge on any atom is 0.187 e. The largest absolute Gasteiger partial charge is 0.386 e. The number of aromatic nitrogens is 1. The molecule has 2 aromatic rings. The van der Waals surface area contributed by atoms with E-state index in [9.17, 15) is 9.18 Å². The first-order valence-electron chi connectivity index (χ1n) is 8.33. The Morgan fingerprint density at radius 2 is 2.15 bits per heavy atom. The summed E-state index contributed by atoms with van der Waals surface area (Å²) in [6, 6.07) is 5.99. The molecule has 142 valence electrons. The smallest absolute Gasteiger partial charge is 0.187 e. The van der Waals surface area contributed by atoms with Gasteiger partial charge in [0.15, 0.2) is 5.78 Å². The van der Waals surface area contributed by atoms with Gasteiger partial charge in [-0.1, -0.05) is 29.3 Å². The number of aliphatic imine (C=N–C) groups is 1. The standard InChI is InChI=1S/C19H18Cl2FN3O2/c1-19(4-5-27-10-17(23)25-19)13-6-11(2-3-15(13)22)7-16(26)18-14(21)8-12(20)9-24-18/h2-3,6,8-9H,4-5,7,10H2,1H3,(H2,23,25)/t19-/m0/s1. The van der Waals surface area contributed by atoms with Gasteiger partial charge >= 0.3 is 0 Å². The number of benzene rings is 1. The molecule has 2 N–H and O–H groups in total. The lowest BCUT2D eigenvalue weighted by Crippen LogP contribution is -2.25. The van der Waals surface area contributed by atoms with Crippen LogP contribution in [0.4, 0.5) is 4.39 Å². The number of hydrogen-bond acceptors (Lipinski definition) is 5. The molecule has 0 aliphatic carbocycles. The SMILES string of the molecule is C[C@@]1(c2cc(CC(=O)c3ncc(Cl)cc3Cl)ccc2F)CCOCC(N)=N1. The van der Waals surface area contributed by atoms with E-state index in [0.717, 1.165) is 0 Å². The molecular formula is C19H18Cl2FN3O2. The summed E-state index contributed by atoms with van der Waals surface area (Å²) in [5.41, 5.74) is 6.10. The van der Waals surface area contributed by atoms with Crippen molar-refractivity contribution >= 4 is 34.8 Å². The van der Waals surface area contributed by atoms with Crippen LogP contribution in [0.15, 0.2) is 35.5 Å². The first kappa shape index (κ1) is 19.7. The molecule has 1 atom stereocenters. The monoisotopic (exact) mass is 409 g/mol. The van der Waals surface area contributed by atoms with Crippen LogP contribution in [0.3, 0.4) is 0 Å². The highest BCUT2D eigenvalue weighted by molar-refractivity contribution is 6.36. The Kier molecular flexibility index (Phi) is 5.79. The fourth-order valence-corrected chi connectivity index (χ4v) is 3.52. The van der Waals surface area contributed by atoms with Crippen LogP contribution in [0.2, 0.25) is 10.0 Å². The van der Waals surface area contributed by atoms with Gasteiger partial charge in [-0.2, -0.15) is 0 Å². The van der Waals surface area contributed by atoms with Crippen LogP contribution in [0.25, 0.3) is 0 Å². The second-order valence-electron chi connectivity index (χ2n) is 6.58. The zero-order valence-electron chi connectivity index (χ0n) is 14.6. The van der Waals surface area contributed by atoms with Crippen LogP contribution < -0.4 is 5.73 Å². The van der Waals surface area contributed by atoms with Gasteiger partial charge in [0.1, 0.15) is 24.0 Å². The summed E-state index contributed by atoms with van der Waals surface area (Å²) in [7, 11) is 0. The van der Waals surface area contributed by atoms with Crippen molar-refractivity contribution in [3.63, 3.8) is 0 Å². The fraction of sp³-hybridized carbons (Fsp3) is 0.316. The molecule has 3 rings (SSSR count). The van der Waals surface area contributed by atoms with Crippen LogP contribution in [0.5, 0.6) is 0 Å². The minimum absolute atomic E-state index is 0.0212. The van der Waals surface area contributed by atoms with Crippen molar-refractivity contribution in [2.75, 3.05) is 13.2 Å². The lowest BCUT2D eigenvalue weighted by atomic mass is 9.87. The molecule has 0 fully saturated rings. The maximum atomic E-state index is 14.5. The van der Waals surface area contributed by atoms with E-state index in [2.05, 4.69) is 9.98 Å². The molecule has 8 heteroatoms. The van der Waals surface area contributed by atoms with Crippen LogP contribution in [0, 0.1) is 5.82 Å². The number of carbonyl (C=O) groups is 1. The molecule has 0 bridgehead atoms. The number of ether oxygens (including phenoxy) is 1. The first-order valence-corrected chi connectivity index (χ1v) is 9.09. The topological polar surface area (TPSA) is 77.6 Å². The molecule has 0 radical (unpaired) electrons. The van der Waals surface area contributed by atoms with E-state index in [1.54, 1.807) is 19.1 Å².